The van der Waals surface area contributed by atoms with Crippen LogP contribution in [0, 0.1) is 5.82 Å². The Bertz CT molecular complexity index is 393. The molecular formula is C14H21FN2O2. The molecule has 0 saturated heterocycles. The van der Waals surface area contributed by atoms with Gasteiger partial charge in [0.2, 0.25) is 0 Å². The number of hydrogen-bond donors (Lipinski definition) is 2. The van der Waals surface area contributed by atoms with Gasteiger partial charge < -0.3 is 15.3 Å². The number of carbonyl (C=O) groups is 1. The molecule has 106 valence electrons. The molecule has 1 aromatic rings. The molecule has 0 radical (unpaired) electrons. The molecule has 0 atom stereocenters. The first kappa shape index (κ1) is 15.4. The molecule has 0 bridgehead atoms. The van der Waals surface area contributed by atoms with Gasteiger partial charge in [-0.05, 0) is 24.5 Å². The van der Waals surface area contributed by atoms with E-state index in [9.17, 15) is 9.18 Å². The highest BCUT2D eigenvalue weighted by atomic mass is 19.1. The minimum absolute atomic E-state index is 0.0548. The second-order valence-electron chi connectivity index (χ2n) is 4.28. The number of carbonyl (C=O) groups excluding carboxylic acids is 1. The van der Waals surface area contributed by atoms with Crippen LogP contribution in [0.2, 0.25) is 0 Å². The summed E-state index contributed by atoms with van der Waals surface area (Å²) in [7, 11) is 0. The van der Waals surface area contributed by atoms with Gasteiger partial charge in [0.1, 0.15) is 5.82 Å². The van der Waals surface area contributed by atoms with Crippen LogP contribution in [-0.4, -0.2) is 42.3 Å². The maximum absolute atomic E-state index is 13.4. The molecular weight excluding hydrogens is 247 g/mol. The zero-order chi connectivity index (χ0) is 14.1. The molecule has 0 aliphatic heterocycles. The van der Waals surface area contributed by atoms with Crippen molar-refractivity contribution in [3.63, 3.8) is 0 Å². The van der Waals surface area contributed by atoms with Gasteiger partial charge in [-0.2, -0.15) is 0 Å². The second kappa shape index (κ2) is 8.48. The Morgan fingerprint density at radius 1 is 1.37 bits per heavy atom. The quantitative estimate of drug-likeness (QED) is 0.792. The molecule has 0 aliphatic carbocycles. The normalized spacial score (nSPS) is 10.3. The van der Waals surface area contributed by atoms with Gasteiger partial charge in [0, 0.05) is 19.6 Å². The van der Waals surface area contributed by atoms with Crippen LogP contribution in [0.15, 0.2) is 24.3 Å². The Kier molecular flexibility index (Phi) is 6.89. The van der Waals surface area contributed by atoms with Crippen LogP contribution in [0.5, 0.6) is 0 Å². The lowest BCUT2D eigenvalue weighted by molar-refractivity contribution is 0.177. The summed E-state index contributed by atoms with van der Waals surface area (Å²) in [5.41, 5.74) is 0.590. The smallest absolute Gasteiger partial charge is 0.317 e. The SMILES string of the molecule is CCCN(CCO)C(=O)NCCc1ccccc1F. The molecule has 19 heavy (non-hydrogen) atoms. The molecule has 0 fully saturated rings. The van der Waals surface area contributed by atoms with Gasteiger partial charge in [-0.3, -0.25) is 0 Å². The van der Waals surface area contributed by atoms with E-state index >= 15 is 0 Å². The van der Waals surface area contributed by atoms with E-state index in [2.05, 4.69) is 5.32 Å². The van der Waals surface area contributed by atoms with Crippen molar-refractivity contribution >= 4 is 6.03 Å². The lowest BCUT2D eigenvalue weighted by Crippen LogP contribution is -2.42. The summed E-state index contributed by atoms with van der Waals surface area (Å²) in [5, 5.41) is 11.6. The highest BCUT2D eigenvalue weighted by Crippen LogP contribution is 2.06. The highest BCUT2D eigenvalue weighted by molar-refractivity contribution is 5.74. The first-order valence-electron chi connectivity index (χ1n) is 6.56. The topological polar surface area (TPSA) is 52.6 Å². The third kappa shape index (κ3) is 5.26. The van der Waals surface area contributed by atoms with Crippen molar-refractivity contribution in [2.75, 3.05) is 26.2 Å². The largest absolute Gasteiger partial charge is 0.395 e. The van der Waals surface area contributed by atoms with E-state index in [0.717, 1.165) is 6.42 Å². The Morgan fingerprint density at radius 3 is 2.74 bits per heavy atom. The van der Waals surface area contributed by atoms with Crippen molar-refractivity contribution in [1.82, 2.24) is 10.2 Å². The molecule has 5 heteroatoms. The van der Waals surface area contributed by atoms with Crippen molar-refractivity contribution in [1.29, 1.82) is 0 Å². The lowest BCUT2D eigenvalue weighted by Gasteiger charge is -2.21. The first-order chi connectivity index (χ1) is 9.19. The number of amides is 2. The third-order valence-electron chi connectivity index (χ3n) is 2.78. The van der Waals surface area contributed by atoms with Crippen molar-refractivity contribution < 1.29 is 14.3 Å². The minimum Gasteiger partial charge on any atom is -0.395 e. The molecule has 0 spiro atoms. The molecule has 0 unspecified atom stereocenters. The number of hydrogen-bond acceptors (Lipinski definition) is 2. The van der Waals surface area contributed by atoms with Crippen molar-refractivity contribution in [2.45, 2.75) is 19.8 Å². The number of aliphatic hydroxyl groups is 1. The number of benzene rings is 1. The highest BCUT2D eigenvalue weighted by Gasteiger charge is 2.11. The average Bonchev–Trinajstić information content (AvgIpc) is 2.40. The summed E-state index contributed by atoms with van der Waals surface area (Å²) in [5.74, 6) is -0.252. The second-order valence-corrected chi connectivity index (χ2v) is 4.28. The van der Waals surface area contributed by atoms with Gasteiger partial charge in [-0.15, -0.1) is 0 Å². The van der Waals surface area contributed by atoms with Crippen LogP contribution in [0.4, 0.5) is 9.18 Å². The summed E-state index contributed by atoms with van der Waals surface area (Å²) < 4.78 is 13.4. The Morgan fingerprint density at radius 2 is 2.11 bits per heavy atom. The number of nitrogens with zero attached hydrogens (tertiary/aromatic N) is 1. The van der Waals surface area contributed by atoms with E-state index in [1.165, 1.54) is 6.07 Å². The van der Waals surface area contributed by atoms with Crippen molar-refractivity contribution in [2.24, 2.45) is 0 Å². The van der Waals surface area contributed by atoms with Crippen LogP contribution >= 0.6 is 0 Å². The maximum Gasteiger partial charge on any atom is 0.317 e. The first-order valence-corrected chi connectivity index (χ1v) is 6.56. The zero-order valence-corrected chi connectivity index (χ0v) is 11.2. The van der Waals surface area contributed by atoms with Gasteiger partial charge in [-0.25, -0.2) is 9.18 Å². The van der Waals surface area contributed by atoms with Crippen LogP contribution in [-0.2, 0) is 6.42 Å². The molecule has 4 nitrogen and oxygen atoms in total. The number of rotatable bonds is 7. The predicted molar refractivity (Wildman–Crippen MR) is 72.5 cm³/mol. The molecule has 0 heterocycles. The molecule has 0 aliphatic rings. The van der Waals surface area contributed by atoms with Crippen molar-refractivity contribution in [3.05, 3.63) is 35.6 Å². The fourth-order valence-corrected chi connectivity index (χ4v) is 1.82. The summed E-state index contributed by atoms with van der Waals surface area (Å²) in [6.45, 7) is 3.22. The van der Waals surface area contributed by atoms with E-state index in [1.54, 1.807) is 23.1 Å². The van der Waals surface area contributed by atoms with Crippen molar-refractivity contribution in [3.8, 4) is 0 Å². The number of nitrogens with one attached hydrogen (secondary N) is 1. The van der Waals surface area contributed by atoms with E-state index < -0.39 is 0 Å². The van der Waals surface area contributed by atoms with Gasteiger partial charge in [0.05, 0.1) is 6.61 Å². The minimum atomic E-state index is -0.252. The van der Waals surface area contributed by atoms with Gasteiger partial charge in [-0.1, -0.05) is 25.1 Å². The van der Waals surface area contributed by atoms with E-state index in [-0.39, 0.29) is 18.5 Å². The van der Waals surface area contributed by atoms with Crippen LogP contribution in [0.1, 0.15) is 18.9 Å². The third-order valence-corrected chi connectivity index (χ3v) is 2.78. The average molecular weight is 268 g/mol. The van der Waals surface area contributed by atoms with E-state index in [4.69, 9.17) is 5.11 Å². The Balaban J connectivity index is 2.39. The van der Waals surface area contributed by atoms with Crippen LogP contribution in [0.3, 0.4) is 0 Å². The number of urea groups is 1. The standard InChI is InChI=1S/C14H21FN2O2/c1-2-9-17(10-11-18)14(19)16-8-7-12-5-3-4-6-13(12)15/h3-6,18H,2,7-11H2,1H3,(H,16,19). The van der Waals surface area contributed by atoms with Gasteiger partial charge >= 0.3 is 6.03 Å². The lowest BCUT2D eigenvalue weighted by atomic mass is 10.1. The summed E-state index contributed by atoms with van der Waals surface area (Å²) in [6, 6.07) is 6.31. The molecule has 0 aromatic heterocycles. The fourth-order valence-electron chi connectivity index (χ4n) is 1.82. The van der Waals surface area contributed by atoms with Gasteiger partial charge in [0.15, 0.2) is 0 Å². The maximum atomic E-state index is 13.4. The predicted octanol–water partition coefficient (Wildman–Crippen LogP) is 1.78. The number of halogens is 1. The fraction of sp³-hybridized carbons (Fsp3) is 0.500. The molecule has 2 amide bonds. The molecule has 2 N–H and O–H groups in total. The Hall–Kier alpha value is -1.62. The van der Waals surface area contributed by atoms with Gasteiger partial charge in [0.25, 0.3) is 0 Å². The van der Waals surface area contributed by atoms with Crippen LogP contribution in [0.25, 0.3) is 0 Å². The Labute approximate surface area is 113 Å². The monoisotopic (exact) mass is 268 g/mol. The van der Waals surface area contributed by atoms with E-state index in [1.807, 2.05) is 6.92 Å². The summed E-state index contributed by atoms with van der Waals surface area (Å²) in [6.07, 6.45) is 1.29. The number of aliphatic hydroxyl groups excluding tert-OH is 1. The summed E-state index contributed by atoms with van der Waals surface area (Å²) >= 11 is 0. The van der Waals surface area contributed by atoms with Crippen LogP contribution < -0.4 is 5.32 Å². The molecule has 1 rings (SSSR count). The molecule has 1 aromatic carbocycles. The zero-order valence-electron chi connectivity index (χ0n) is 11.2. The summed E-state index contributed by atoms with van der Waals surface area (Å²) in [4.78, 5) is 13.4. The molecule has 0 saturated carbocycles. The van der Waals surface area contributed by atoms with E-state index in [0.29, 0.717) is 31.6 Å².